The smallest absolute Gasteiger partial charge is 0.313 e. The Morgan fingerprint density at radius 1 is 0.919 bits per heavy atom. The van der Waals surface area contributed by atoms with Crippen molar-refractivity contribution >= 4 is 17.9 Å². The van der Waals surface area contributed by atoms with E-state index in [-0.39, 0.29) is 47.1 Å². The largest absolute Gasteiger partial charge is 0.481 e. The van der Waals surface area contributed by atoms with Gasteiger partial charge in [-0.2, -0.15) is 0 Å². The molecular formula is C30H44O7. The van der Waals surface area contributed by atoms with Crippen LogP contribution in [-0.2, 0) is 19.1 Å². The predicted octanol–water partition coefficient (Wildman–Crippen LogP) is 5.06. The minimum Gasteiger partial charge on any atom is -0.481 e. The van der Waals surface area contributed by atoms with Crippen LogP contribution in [0.5, 0.6) is 0 Å². The molecule has 0 amide bonds. The van der Waals surface area contributed by atoms with Gasteiger partial charge >= 0.3 is 17.9 Å². The third kappa shape index (κ3) is 3.18. The topological polar surface area (TPSA) is 121 Å². The Labute approximate surface area is 220 Å². The van der Waals surface area contributed by atoms with Crippen molar-refractivity contribution in [2.75, 3.05) is 6.61 Å². The second-order valence-corrected chi connectivity index (χ2v) is 14.7. The minimum atomic E-state index is -1.15. The lowest BCUT2D eigenvalue weighted by Crippen LogP contribution is -2.65. The summed E-state index contributed by atoms with van der Waals surface area (Å²) in [5.74, 6) is -2.67. The lowest BCUT2D eigenvalue weighted by Gasteiger charge is -2.69. The van der Waals surface area contributed by atoms with Crippen LogP contribution in [0.15, 0.2) is 11.6 Å². The number of cyclic esters (lactones) is 1. The van der Waals surface area contributed by atoms with Gasteiger partial charge in [0.1, 0.15) is 12.0 Å². The van der Waals surface area contributed by atoms with E-state index in [0.717, 1.165) is 12.0 Å². The molecule has 4 fully saturated rings. The molecule has 9 unspecified atom stereocenters. The van der Waals surface area contributed by atoms with E-state index in [9.17, 15) is 29.7 Å². The number of carboxylic acid groups (broad SMARTS) is 2. The van der Waals surface area contributed by atoms with Crippen molar-refractivity contribution < 1.29 is 34.4 Å². The number of carboxylic acids is 2. The Hall–Kier alpha value is -1.89. The first kappa shape index (κ1) is 26.7. The van der Waals surface area contributed by atoms with Gasteiger partial charge < -0.3 is 20.1 Å². The number of rotatable bonds is 2. The summed E-state index contributed by atoms with van der Waals surface area (Å²) < 4.78 is 5.50. The van der Waals surface area contributed by atoms with Gasteiger partial charge in [-0.25, -0.2) is 0 Å². The van der Waals surface area contributed by atoms with Crippen LogP contribution in [0.25, 0.3) is 0 Å². The molecule has 1 heterocycles. The standard InChI is InChI=1S/C30H44O7/c1-25(2)11-13-30(24(35)36)14-12-28(5)17(21(30)22(25)32)7-8-19-26(3)15-20(31)37-16-27(4,23(33)34)18(26)9-10-29(19,28)6/h7,18-19,21-22,32H,8-16H2,1-6H3,(H,33,34)(H,35,36). The van der Waals surface area contributed by atoms with Crippen molar-refractivity contribution in [1.82, 2.24) is 0 Å². The van der Waals surface area contributed by atoms with Gasteiger partial charge in [-0.05, 0) is 85.4 Å². The third-order valence-electron chi connectivity index (χ3n) is 12.9. The Balaban J connectivity index is 1.65. The Kier molecular flexibility index (Phi) is 5.65. The van der Waals surface area contributed by atoms with E-state index in [4.69, 9.17) is 4.74 Å². The van der Waals surface area contributed by atoms with E-state index in [1.165, 1.54) is 0 Å². The first-order valence-corrected chi connectivity index (χ1v) is 14.0. The maximum absolute atomic E-state index is 12.9. The summed E-state index contributed by atoms with van der Waals surface area (Å²) in [4.78, 5) is 38.2. The number of carbonyl (C=O) groups is 3. The highest BCUT2D eigenvalue weighted by Crippen LogP contribution is 2.75. The van der Waals surface area contributed by atoms with Crippen molar-refractivity contribution in [2.45, 2.75) is 99.0 Å². The molecule has 0 aromatic carbocycles. The summed E-state index contributed by atoms with van der Waals surface area (Å²) in [7, 11) is 0. The number of hydrogen-bond acceptors (Lipinski definition) is 5. The van der Waals surface area contributed by atoms with E-state index in [1.807, 2.05) is 13.8 Å². The molecule has 0 radical (unpaired) electrons. The van der Waals surface area contributed by atoms with Crippen molar-refractivity contribution in [1.29, 1.82) is 0 Å². The molecule has 0 spiro atoms. The second kappa shape index (κ2) is 7.83. The molecule has 0 aromatic heterocycles. The van der Waals surface area contributed by atoms with Crippen LogP contribution < -0.4 is 0 Å². The van der Waals surface area contributed by atoms with Crippen LogP contribution in [0.3, 0.4) is 0 Å². The highest BCUT2D eigenvalue weighted by molar-refractivity contribution is 5.78. The molecule has 5 rings (SSSR count). The zero-order valence-corrected chi connectivity index (χ0v) is 23.2. The zero-order valence-electron chi connectivity index (χ0n) is 23.2. The fraction of sp³-hybridized carbons (Fsp3) is 0.833. The Morgan fingerprint density at radius 3 is 2.19 bits per heavy atom. The molecule has 5 aliphatic rings. The van der Waals surface area contributed by atoms with Crippen LogP contribution in [-0.4, -0.2) is 45.9 Å². The number of aliphatic hydroxyl groups excluding tert-OH is 1. The molecule has 1 aliphatic heterocycles. The van der Waals surface area contributed by atoms with E-state index in [0.29, 0.717) is 38.5 Å². The van der Waals surface area contributed by atoms with Crippen molar-refractivity contribution in [3.63, 3.8) is 0 Å². The number of aliphatic hydroxyl groups is 1. The maximum atomic E-state index is 12.9. The van der Waals surface area contributed by atoms with Crippen molar-refractivity contribution in [3.05, 3.63) is 11.6 Å². The summed E-state index contributed by atoms with van der Waals surface area (Å²) in [6.07, 6.45) is 6.23. The van der Waals surface area contributed by atoms with Gasteiger partial charge in [0.15, 0.2) is 0 Å². The average molecular weight is 517 g/mol. The highest BCUT2D eigenvalue weighted by atomic mass is 16.5. The number of esters is 1. The minimum absolute atomic E-state index is 0.0443. The van der Waals surface area contributed by atoms with Gasteiger partial charge in [0.05, 0.1) is 17.9 Å². The normalized spacial score (nSPS) is 50.7. The lowest BCUT2D eigenvalue weighted by atomic mass is 9.34. The molecule has 7 heteroatoms. The van der Waals surface area contributed by atoms with Crippen LogP contribution >= 0.6 is 0 Å². The first-order valence-electron chi connectivity index (χ1n) is 14.0. The summed E-state index contributed by atoms with van der Waals surface area (Å²) >= 11 is 0. The summed E-state index contributed by atoms with van der Waals surface area (Å²) in [6, 6.07) is 0. The molecule has 7 nitrogen and oxygen atoms in total. The fourth-order valence-electron chi connectivity index (χ4n) is 10.2. The molecule has 3 N–H and O–H groups in total. The zero-order chi connectivity index (χ0) is 27.4. The molecule has 3 saturated carbocycles. The SMILES string of the molecule is CC1(C)CCC2(C(=O)O)CCC3(C)C(=CCC4C5(C)CC(=O)OCC(C)(C(=O)O)C5CCC43C)C2C1O. The second-order valence-electron chi connectivity index (χ2n) is 14.7. The number of aliphatic carboxylic acids is 2. The Morgan fingerprint density at radius 2 is 1.57 bits per heavy atom. The van der Waals surface area contributed by atoms with Gasteiger partial charge in [0.25, 0.3) is 0 Å². The number of ether oxygens (including phenoxy) is 1. The number of fused-ring (bicyclic) bond motifs is 7. The molecule has 206 valence electrons. The van der Waals surface area contributed by atoms with E-state index in [1.54, 1.807) is 6.92 Å². The van der Waals surface area contributed by atoms with Crippen LogP contribution in [0, 0.1) is 50.2 Å². The summed E-state index contributed by atoms with van der Waals surface area (Å²) in [5, 5.41) is 32.5. The van der Waals surface area contributed by atoms with Gasteiger partial charge in [-0.3, -0.25) is 14.4 Å². The summed E-state index contributed by atoms with van der Waals surface area (Å²) in [5.41, 5.74) is -2.58. The average Bonchev–Trinajstić information content (AvgIpc) is 2.90. The maximum Gasteiger partial charge on any atom is 0.313 e. The Bertz CT molecular complexity index is 1080. The monoisotopic (exact) mass is 516 g/mol. The lowest BCUT2D eigenvalue weighted by molar-refractivity contribution is -0.196. The van der Waals surface area contributed by atoms with Gasteiger partial charge in [-0.15, -0.1) is 0 Å². The van der Waals surface area contributed by atoms with E-state index < -0.39 is 40.2 Å². The van der Waals surface area contributed by atoms with Crippen molar-refractivity contribution in [2.24, 2.45) is 50.2 Å². The van der Waals surface area contributed by atoms with Gasteiger partial charge in [0.2, 0.25) is 0 Å². The number of allylic oxidation sites excluding steroid dienone is 1. The molecule has 9 atom stereocenters. The molecular weight excluding hydrogens is 472 g/mol. The number of hydrogen-bond donors (Lipinski definition) is 3. The quantitative estimate of drug-likeness (QED) is 0.346. The summed E-state index contributed by atoms with van der Waals surface area (Å²) in [6.45, 7) is 12.3. The van der Waals surface area contributed by atoms with Crippen LogP contribution in [0.1, 0.15) is 92.9 Å². The van der Waals surface area contributed by atoms with Crippen LogP contribution in [0.4, 0.5) is 0 Å². The third-order valence-corrected chi connectivity index (χ3v) is 12.9. The van der Waals surface area contributed by atoms with Gasteiger partial charge in [-0.1, -0.05) is 46.3 Å². The first-order chi connectivity index (χ1) is 17.0. The molecule has 37 heavy (non-hydrogen) atoms. The van der Waals surface area contributed by atoms with E-state index >= 15 is 0 Å². The van der Waals surface area contributed by atoms with E-state index in [2.05, 4.69) is 26.8 Å². The molecule has 1 saturated heterocycles. The fourth-order valence-corrected chi connectivity index (χ4v) is 10.2. The van der Waals surface area contributed by atoms with Crippen LogP contribution in [0.2, 0.25) is 0 Å². The molecule has 4 aliphatic carbocycles. The number of carbonyl (C=O) groups excluding carboxylic acids is 1. The molecule has 0 aromatic rings. The molecule has 0 bridgehead atoms. The van der Waals surface area contributed by atoms with Crippen molar-refractivity contribution in [3.8, 4) is 0 Å². The predicted molar refractivity (Wildman–Crippen MR) is 136 cm³/mol. The van der Waals surface area contributed by atoms with Gasteiger partial charge in [0, 0.05) is 5.92 Å². The highest BCUT2D eigenvalue weighted by Gasteiger charge is 2.71.